The van der Waals surface area contributed by atoms with Crippen molar-refractivity contribution < 1.29 is 92.4 Å². The van der Waals surface area contributed by atoms with Gasteiger partial charge in [0.2, 0.25) is 0 Å². The maximum atomic E-state index is 2.28. The molecule has 2 aromatic rings. The summed E-state index contributed by atoms with van der Waals surface area (Å²) in [5.74, 6) is 0. The fraction of sp³-hybridized carbons (Fsp3) is 0.0769. The Bertz CT molecular complexity index is 454. The Labute approximate surface area is 165 Å². The number of hydrogen-bond donors (Lipinski definition) is 0. The van der Waals surface area contributed by atoms with Crippen molar-refractivity contribution >= 4 is 0 Å². The molecule has 3 rings (SSSR count). The molecule has 86 valence electrons. The van der Waals surface area contributed by atoms with Crippen LogP contribution in [0.5, 0.6) is 0 Å². The molecular formula is C13H9I3Ti. The zero-order valence-electron chi connectivity index (χ0n) is 8.83. The van der Waals surface area contributed by atoms with E-state index in [4.69, 9.17) is 0 Å². The molecule has 0 amide bonds. The summed E-state index contributed by atoms with van der Waals surface area (Å²) in [6, 6.07) is 17.4. The SMILES string of the molecule is [I-].[I-].[I-].[Ti+3][CH]1c2ccccc2-c2ccccc21. The van der Waals surface area contributed by atoms with Gasteiger partial charge in [0.05, 0.1) is 0 Å². The van der Waals surface area contributed by atoms with Gasteiger partial charge in [-0.2, -0.15) is 0 Å². The van der Waals surface area contributed by atoms with E-state index in [0.717, 1.165) is 0 Å². The molecule has 0 N–H and O–H groups in total. The van der Waals surface area contributed by atoms with Crippen molar-refractivity contribution in [1.82, 2.24) is 0 Å². The molecule has 0 atom stereocenters. The molecule has 0 spiro atoms. The van der Waals surface area contributed by atoms with Gasteiger partial charge in [-0.1, -0.05) is 0 Å². The third kappa shape index (κ3) is 3.27. The maximum absolute atomic E-state index is 2.28. The van der Waals surface area contributed by atoms with Gasteiger partial charge in [-0.25, -0.2) is 0 Å². The van der Waals surface area contributed by atoms with E-state index in [2.05, 4.69) is 69.0 Å². The van der Waals surface area contributed by atoms with Crippen molar-refractivity contribution in [1.29, 1.82) is 0 Å². The molecule has 4 heteroatoms. The zero-order valence-corrected chi connectivity index (χ0v) is 16.9. The Hall–Kier alpha value is 1.34. The Morgan fingerprint density at radius 1 is 0.647 bits per heavy atom. The molecule has 0 aliphatic heterocycles. The van der Waals surface area contributed by atoms with Gasteiger partial charge in [0, 0.05) is 0 Å². The van der Waals surface area contributed by atoms with E-state index in [1.807, 2.05) is 0 Å². The summed E-state index contributed by atoms with van der Waals surface area (Å²) in [4.78, 5) is 0. The van der Waals surface area contributed by atoms with Crippen LogP contribution in [-0.2, 0) is 20.4 Å². The molecule has 0 heterocycles. The first-order chi connectivity index (χ1) is 6.88. The molecule has 0 radical (unpaired) electrons. The van der Waals surface area contributed by atoms with Crippen LogP contribution in [-0.4, -0.2) is 0 Å². The minimum atomic E-state index is 0. The van der Waals surface area contributed by atoms with Crippen LogP contribution in [0.15, 0.2) is 48.5 Å². The molecule has 0 unspecified atom stereocenters. The van der Waals surface area contributed by atoms with E-state index in [1.165, 1.54) is 22.3 Å². The summed E-state index contributed by atoms with van der Waals surface area (Å²) in [5.41, 5.74) is 5.76. The predicted molar refractivity (Wildman–Crippen MR) is 53.7 cm³/mol. The average molecular weight is 594 g/mol. The van der Waals surface area contributed by atoms with Crippen molar-refractivity contribution in [3.05, 3.63) is 59.7 Å². The zero-order chi connectivity index (χ0) is 9.54. The van der Waals surface area contributed by atoms with Gasteiger partial charge in [0.25, 0.3) is 0 Å². The van der Waals surface area contributed by atoms with Crippen LogP contribution in [0, 0.1) is 0 Å². The number of benzene rings is 2. The van der Waals surface area contributed by atoms with Gasteiger partial charge < -0.3 is 71.9 Å². The second-order valence-corrected chi connectivity index (χ2v) is 4.51. The first kappa shape index (κ1) is 18.3. The molecule has 0 saturated carbocycles. The summed E-state index contributed by atoms with van der Waals surface area (Å²) < 4.78 is 0.558. The summed E-state index contributed by atoms with van der Waals surface area (Å²) in [7, 11) is 0. The molecule has 1 aliphatic rings. The van der Waals surface area contributed by atoms with Crippen molar-refractivity contribution in [3.63, 3.8) is 0 Å². The van der Waals surface area contributed by atoms with Gasteiger partial charge in [-0.3, -0.25) is 0 Å². The van der Waals surface area contributed by atoms with E-state index < -0.39 is 0 Å². The molecule has 0 bridgehead atoms. The summed E-state index contributed by atoms with van der Waals surface area (Å²) in [6.07, 6.45) is 0. The van der Waals surface area contributed by atoms with Gasteiger partial charge in [-0.05, 0) is 0 Å². The number of hydrogen-bond acceptors (Lipinski definition) is 0. The number of rotatable bonds is 0. The van der Waals surface area contributed by atoms with E-state index >= 15 is 0 Å². The summed E-state index contributed by atoms with van der Waals surface area (Å²) in [5, 5.41) is 0. The van der Waals surface area contributed by atoms with E-state index in [-0.39, 0.29) is 71.9 Å². The Morgan fingerprint density at radius 2 is 1.00 bits per heavy atom. The van der Waals surface area contributed by atoms with Crippen LogP contribution in [0.2, 0.25) is 0 Å². The van der Waals surface area contributed by atoms with Crippen LogP contribution >= 0.6 is 0 Å². The Kier molecular flexibility index (Phi) is 8.44. The van der Waals surface area contributed by atoms with Crippen LogP contribution in [0.25, 0.3) is 11.1 Å². The molecule has 0 fully saturated rings. The van der Waals surface area contributed by atoms with Gasteiger partial charge in [0.15, 0.2) is 0 Å². The predicted octanol–water partition coefficient (Wildman–Crippen LogP) is -5.68. The Morgan fingerprint density at radius 3 is 1.41 bits per heavy atom. The third-order valence-corrected chi connectivity index (χ3v) is 3.81. The molecule has 0 saturated heterocycles. The van der Waals surface area contributed by atoms with E-state index in [9.17, 15) is 0 Å². The fourth-order valence-electron chi connectivity index (χ4n) is 2.16. The first-order valence-electron chi connectivity index (χ1n) is 4.77. The fourth-order valence-corrected chi connectivity index (χ4v) is 2.94. The molecular weight excluding hydrogens is 585 g/mol. The van der Waals surface area contributed by atoms with Crippen LogP contribution in [0.4, 0.5) is 0 Å². The van der Waals surface area contributed by atoms with E-state index in [1.54, 1.807) is 0 Å². The van der Waals surface area contributed by atoms with Crippen molar-refractivity contribution in [2.75, 3.05) is 0 Å². The second kappa shape index (κ2) is 7.82. The summed E-state index contributed by atoms with van der Waals surface area (Å²) in [6.45, 7) is 0. The quantitative estimate of drug-likeness (QED) is 0.211. The topological polar surface area (TPSA) is 0 Å². The first-order valence-corrected chi connectivity index (χ1v) is 5.67. The summed E-state index contributed by atoms with van der Waals surface area (Å²) >= 11 is 2.28. The number of fused-ring (bicyclic) bond motifs is 3. The van der Waals surface area contributed by atoms with Crippen molar-refractivity contribution in [3.8, 4) is 11.1 Å². The van der Waals surface area contributed by atoms with Gasteiger partial charge >= 0.3 is 95.4 Å². The van der Waals surface area contributed by atoms with Crippen LogP contribution in [0.3, 0.4) is 0 Å². The molecule has 0 nitrogen and oxygen atoms in total. The van der Waals surface area contributed by atoms with Crippen LogP contribution in [0.1, 0.15) is 15.3 Å². The molecule has 17 heavy (non-hydrogen) atoms. The molecule has 0 aromatic heterocycles. The monoisotopic (exact) mass is 594 g/mol. The normalized spacial score (nSPS) is 11.4. The molecule has 2 aromatic carbocycles. The minimum absolute atomic E-state index is 0. The van der Waals surface area contributed by atoms with Crippen molar-refractivity contribution in [2.45, 2.75) is 4.22 Å². The number of halogens is 3. The van der Waals surface area contributed by atoms with Crippen LogP contribution < -0.4 is 71.9 Å². The average Bonchev–Trinajstić information content (AvgIpc) is 2.55. The van der Waals surface area contributed by atoms with Crippen molar-refractivity contribution in [2.24, 2.45) is 0 Å². The Balaban J connectivity index is 0.000000853. The van der Waals surface area contributed by atoms with E-state index in [0.29, 0.717) is 4.22 Å². The second-order valence-electron chi connectivity index (χ2n) is 3.61. The van der Waals surface area contributed by atoms with Gasteiger partial charge in [-0.15, -0.1) is 0 Å². The third-order valence-electron chi connectivity index (χ3n) is 2.83. The molecule has 1 aliphatic carbocycles. The standard InChI is InChI=1S/C13H9.3HI.Ti/c1-3-7-12-10(5-1)9-11-6-2-4-8-13(11)12;;;;/h1-9H;3*1H;/q;;;;+3/p-3. The van der Waals surface area contributed by atoms with Gasteiger partial charge in [0.1, 0.15) is 0 Å².